The minimum Gasteiger partial charge on any atom is -0.394 e. The number of nitrogens with zero attached hydrogens (tertiary/aromatic N) is 1. The van der Waals surface area contributed by atoms with Gasteiger partial charge in [0.2, 0.25) is 5.91 Å². The molecule has 0 saturated carbocycles. The zero-order valence-electron chi connectivity index (χ0n) is 12.5. The Morgan fingerprint density at radius 1 is 1.38 bits per heavy atom. The molecule has 0 saturated heterocycles. The summed E-state index contributed by atoms with van der Waals surface area (Å²) < 4.78 is 1.15. The van der Waals surface area contributed by atoms with Crippen molar-refractivity contribution in [2.24, 2.45) is 5.92 Å². The van der Waals surface area contributed by atoms with Gasteiger partial charge in [-0.2, -0.15) is 0 Å². The Morgan fingerprint density at radius 3 is 2.81 bits per heavy atom. The maximum atomic E-state index is 11.9. The molecule has 1 aromatic heterocycles. The van der Waals surface area contributed by atoms with E-state index in [1.807, 2.05) is 24.3 Å². The lowest BCUT2D eigenvalue weighted by Gasteiger charge is -2.18. The Hall–Kier alpha value is -1.46. The van der Waals surface area contributed by atoms with Gasteiger partial charge in [-0.3, -0.25) is 4.79 Å². The molecule has 2 rings (SSSR count). The number of carbonyl (C=O) groups is 1. The number of carbonyl (C=O) groups excluding carboxylic acids is 1. The predicted molar refractivity (Wildman–Crippen MR) is 86.4 cm³/mol. The second-order valence-electron chi connectivity index (χ2n) is 5.65. The highest BCUT2D eigenvalue weighted by Gasteiger charge is 2.13. The van der Waals surface area contributed by atoms with Gasteiger partial charge in [0.25, 0.3) is 0 Å². The molecule has 2 N–H and O–H groups in total. The smallest absolute Gasteiger partial charge is 0.220 e. The second-order valence-corrected chi connectivity index (χ2v) is 6.77. The van der Waals surface area contributed by atoms with Gasteiger partial charge in [-0.1, -0.05) is 26.0 Å². The van der Waals surface area contributed by atoms with Crippen LogP contribution in [0.15, 0.2) is 24.3 Å². The van der Waals surface area contributed by atoms with Gasteiger partial charge >= 0.3 is 0 Å². The molecule has 21 heavy (non-hydrogen) atoms. The molecule has 0 spiro atoms. The van der Waals surface area contributed by atoms with Crippen molar-refractivity contribution in [2.75, 3.05) is 6.61 Å². The van der Waals surface area contributed by atoms with Gasteiger partial charge in [0.1, 0.15) is 0 Å². The molecule has 2 aromatic rings. The zero-order valence-corrected chi connectivity index (χ0v) is 13.3. The van der Waals surface area contributed by atoms with E-state index >= 15 is 0 Å². The molecule has 0 aliphatic carbocycles. The number of benzene rings is 1. The normalized spacial score (nSPS) is 12.8. The Kier molecular flexibility index (Phi) is 5.70. The Labute approximate surface area is 129 Å². The highest BCUT2D eigenvalue weighted by atomic mass is 32.1. The first kappa shape index (κ1) is 15.9. The van der Waals surface area contributed by atoms with Gasteiger partial charge < -0.3 is 10.4 Å². The van der Waals surface area contributed by atoms with Crippen LogP contribution in [0.5, 0.6) is 0 Å². The third-order valence-electron chi connectivity index (χ3n) is 3.25. The molecule has 114 valence electrons. The fourth-order valence-corrected chi connectivity index (χ4v) is 3.26. The lowest BCUT2D eigenvalue weighted by atomic mass is 10.0. The summed E-state index contributed by atoms with van der Waals surface area (Å²) in [7, 11) is 0. The number of nitrogens with one attached hydrogen (secondary N) is 1. The molecule has 0 aliphatic rings. The number of amides is 1. The highest BCUT2D eigenvalue weighted by molar-refractivity contribution is 7.18. The number of aliphatic hydroxyl groups is 1. The molecular weight excluding hydrogens is 284 g/mol. The van der Waals surface area contributed by atoms with E-state index in [4.69, 9.17) is 0 Å². The molecule has 1 heterocycles. The van der Waals surface area contributed by atoms with E-state index in [1.165, 1.54) is 0 Å². The van der Waals surface area contributed by atoms with E-state index in [-0.39, 0.29) is 18.6 Å². The largest absolute Gasteiger partial charge is 0.394 e. The van der Waals surface area contributed by atoms with Crippen LogP contribution in [0.2, 0.25) is 0 Å². The molecule has 0 radical (unpaired) electrons. The number of hydrogen-bond acceptors (Lipinski definition) is 4. The first-order chi connectivity index (χ1) is 10.1. The van der Waals surface area contributed by atoms with Crippen molar-refractivity contribution in [3.8, 4) is 0 Å². The molecule has 0 aliphatic heterocycles. The average molecular weight is 306 g/mol. The van der Waals surface area contributed by atoms with Crippen LogP contribution in [0.25, 0.3) is 10.2 Å². The van der Waals surface area contributed by atoms with E-state index in [9.17, 15) is 9.90 Å². The molecule has 0 bridgehead atoms. The summed E-state index contributed by atoms with van der Waals surface area (Å²) >= 11 is 1.63. The standard InChI is InChI=1S/C16H22N2O2S/c1-11(2)9-12(10-19)17-15(20)7-8-16-18-13-5-3-4-6-14(13)21-16/h3-6,11-12,19H,7-10H2,1-2H3,(H,17,20). The SMILES string of the molecule is CC(C)CC(CO)NC(=O)CCc1nc2ccccc2s1. The summed E-state index contributed by atoms with van der Waals surface area (Å²) in [6.45, 7) is 4.15. The van der Waals surface area contributed by atoms with Crippen molar-refractivity contribution in [3.63, 3.8) is 0 Å². The van der Waals surface area contributed by atoms with Gasteiger partial charge in [-0.05, 0) is 24.5 Å². The van der Waals surface area contributed by atoms with E-state index in [1.54, 1.807) is 11.3 Å². The maximum absolute atomic E-state index is 11.9. The van der Waals surface area contributed by atoms with Crippen LogP contribution >= 0.6 is 11.3 Å². The number of rotatable bonds is 7. The lowest BCUT2D eigenvalue weighted by Crippen LogP contribution is -2.38. The maximum Gasteiger partial charge on any atom is 0.220 e. The topological polar surface area (TPSA) is 62.2 Å². The third-order valence-corrected chi connectivity index (χ3v) is 4.34. The van der Waals surface area contributed by atoms with E-state index in [0.29, 0.717) is 18.8 Å². The van der Waals surface area contributed by atoms with Crippen molar-refractivity contribution in [2.45, 2.75) is 39.2 Å². The van der Waals surface area contributed by atoms with Gasteiger partial charge in [0, 0.05) is 12.8 Å². The van der Waals surface area contributed by atoms with E-state index < -0.39 is 0 Å². The molecule has 4 nitrogen and oxygen atoms in total. The van der Waals surface area contributed by atoms with Gasteiger partial charge in [-0.15, -0.1) is 11.3 Å². The third kappa shape index (κ3) is 4.79. The number of para-hydroxylation sites is 1. The van der Waals surface area contributed by atoms with Crippen molar-refractivity contribution in [1.82, 2.24) is 10.3 Å². The van der Waals surface area contributed by atoms with Crippen LogP contribution in [0, 0.1) is 5.92 Å². The molecule has 1 amide bonds. The van der Waals surface area contributed by atoms with Crippen molar-refractivity contribution < 1.29 is 9.90 Å². The zero-order chi connectivity index (χ0) is 15.2. The summed E-state index contributed by atoms with van der Waals surface area (Å²) in [5.41, 5.74) is 0.992. The molecular formula is C16H22N2O2S. The first-order valence-electron chi connectivity index (χ1n) is 7.33. The van der Waals surface area contributed by atoms with Crippen molar-refractivity contribution in [3.05, 3.63) is 29.3 Å². The van der Waals surface area contributed by atoms with E-state index in [2.05, 4.69) is 24.1 Å². The Balaban J connectivity index is 1.85. The Morgan fingerprint density at radius 2 is 2.14 bits per heavy atom. The molecule has 5 heteroatoms. The number of fused-ring (bicyclic) bond motifs is 1. The summed E-state index contributed by atoms with van der Waals surface area (Å²) in [4.78, 5) is 16.5. The second kappa shape index (κ2) is 7.52. The summed E-state index contributed by atoms with van der Waals surface area (Å²) in [5, 5.41) is 13.2. The number of aromatic nitrogens is 1. The van der Waals surface area contributed by atoms with Gasteiger partial charge in [0.15, 0.2) is 0 Å². The molecule has 1 atom stereocenters. The van der Waals surface area contributed by atoms with E-state index in [0.717, 1.165) is 21.6 Å². The fraction of sp³-hybridized carbons (Fsp3) is 0.500. The van der Waals surface area contributed by atoms with Crippen molar-refractivity contribution in [1.29, 1.82) is 0 Å². The number of hydrogen-bond donors (Lipinski definition) is 2. The van der Waals surface area contributed by atoms with Crippen LogP contribution in [0.3, 0.4) is 0 Å². The number of thiazole rings is 1. The monoisotopic (exact) mass is 306 g/mol. The van der Waals surface area contributed by atoms with Gasteiger partial charge in [0.05, 0.1) is 27.9 Å². The first-order valence-corrected chi connectivity index (χ1v) is 8.14. The summed E-state index contributed by atoms with van der Waals surface area (Å²) in [5.74, 6) is 0.431. The van der Waals surface area contributed by atoms with Crippen LogP contribution in [0.4, 0.5) is 0 Å². The van der Waals surface area contributed by atoms with Crippen LogP contribution < -0.4 is 5.32 Å². The quantitative estimate of drug-likeness (QED) is 0.827. The van der Waals surface area contributed by atoms with Gasteiger partial charge in [-0.25, -0.2) is 4.98 Å². The molecule has 1 unspecified atom stereocenters. The molecule has 0 fully saturated rings. The minimum absolute atomic E-state index is 0.00887. The lowest BCUT2D eigenvalue weighted by molar-refractivity contribution is -0.122. The van der Waals surface area contributed by atoms with Crippen LogP contribution in [-0.2, 0) is 11.2 Å². The minimum atomic E-state index is -0.145. The fourth-order valence-electron chi connectivity index (χ4n) is 2.30. The number of aryl methyl sites for hydroxylation is 1. The predicted octanol–water partition coefficient (Wildman–Crippen LogP) is 2.75. The number of aliphatic hydroxyl groups excluding tert-OH is 1. The average Bonchev–Trinajstić information content (AvgIpc) is 2.86. The summed E-state index contributed by atoms with van der Waals surface area (Å²) in [6, 6.07) is 7.85. The Bertz CT molecular complexity index is 562. The highest BCUT2D eigenvalue weighted by Crippen LogP contribution is 2.22. The summed E-state index contributed by atoms with van der Waals surface area (Å²) in [6.07, 6.45) is 1.85. The van der Waals surface area contributed by atoms with Crippen LogP contribution in [-0.4, -0.2) is 28.6 Å². The van der Waals surface area contributed by atoms with Crippen molar-refractivity contribution >= 4 is 27.5 Å². The molecule has 1 aromatic carbocycles. The van der Waals surface area contributed by atoms with Crippen LogP contribution in [0.1, 0.15) is 31.7 Å².